The molecule has 74 valence electrons. The maximum atomic E-state index is 9.99. The Kier molecular flexibility index (Phi) is 5.50. The van der Waals surface area contributed by atoms with Gasteiger partial charge in [0.15, 0.2) is 0 Å². The third kappa shape index (κ3) is 5.49. The van der Waals surface area contributed by atoms with Crippen LogP contribution in [0.5, 0.6) is 0 Å². The number of hydrogen-bond donors (Lipinski definition) is 1. The first-order chi connectivity index (χ1) is 6.04. The van der Waals surface area contributed by atoms with E-state index in [4.69, 9.17) is 0 Å². The minimum absolute atomic E-state index is 0.688. The Labute approximate surface area is 81.9 Å². The van der Waals surface area contributed by atoms with Crippen molar-refractivity contribution in [3.05, 3.63) is 12.2 Å². The first-order valence-corrected chi connectivity index (χ1v) is 4.95. The van der Waals surface area contributed by atoms with Gasteiger partial charge in [0.25, 0.3) is 0 Å². The summed E-state index contributed by atoms with van der Waals surface area (Å²) in [5.41, 5.74) is 0.0120. The van der Waals surface area contributed by atoms with Gasteiger partial charge in [-0.15, -0.1) is 0 Å². The van der Waals surface area contributed by atoms with Gasteiger partial charge in [-0.1, -0.05) is 38.7 Å². The first kappa shape index (κ1) is 12.3. The molecule has 0 aliphatic heterocycles. The molecule has 0 saturated carbocycles. The van der Waals surface area contributed by atoms with Gasteiger partial charge >= 0.3 is 0 Å². The smallest absolute Gasteiger partial charge is 0.125 e. The molecule has 0 aromatic carbocycles. The fourth-order valence-corrected chi connectivity index (χ4v) is 1.02. The van der Waals surface area contributed by atoms with Crippen molar-refractivity contribution >= 4 is 0 Å². The normalized spacial score (nSPS) is 14.2. The van der Waals surface area contributed by atoms with Crippen LogP contribution in [0.15, 0.2) is 12.2 Å². The molecule has 0 heterocycles. The molecule has 0 aliphatic rings. The van der Waals surface area contributed by atoms with Gasteiger partial charge in [0, 0.05) is 0 Å². The minimum atomic E-state index is -0.797. The van der Waals surface area contributed by atoms with Crippen molar-refractivity contribution in [1.29, 1.82) is 0 Å². The summed E-state index contributed by atoms with van der Waals surface area (Å²) >= 11 is 0. The third-order valence-electron chi connectivity index (χ3n) is 2.04. The highest BCUT2D eigenvalue weighted by Gasteiger charge is 2.20. The van der Waals surface area contributed by atoms with Crippen molar-refractivity contribution in [2.45, 2.75) is 52.1 Å². The lowest BCUT2D eigenvalue weighted by atomic mass is 9.94. The second-order valence-electron chi connectivity index (χ2n) is 3.52. The summed E-state index contributed by atoms with van der Waals surface area (Å²) in [6.45, 7) is 9.61. The Morgan fingerprint density at radius 2 is 2.08 bits per heavy atom. The fourth-order valence-electron chi connectivity index (χ4n) is 1.02. The fraction of sp³-hybridized carbons (Fsp3) is 0.667. The molecule has 0 aliphatic carbocycles. The van der Waals surface area contributed by atoms with Crippen LogP contribution in [0.4, 0.5) is 0 Å². The van der Waals surface area contributed by atoms with Gasteiger partial charge in [-0.25, -0.2) is 0 Å². The molecular formula is C12H20O. The van der Waals surface area contributed by atoms with Gasteiger partial charge in [0.1, 0.15) is 5.60 Å². The summed E-state index contributed by atoms with van der Waals surface area (Å²) < 4.78 is 0. The molecule has 1 nitrogen and oxygen atoms in total. The molecule has 0 amide bonds. The molecular weight excluding hydrogens is 160 g/mol. The van der Waals surface area contributed by atoms with E-state index in [1.807, 2.05) is 13.8 Å². The lowest BCUT2D eigenvalue weighted by Crippen LogP contribution is -2.25. The summed E-state index contributed by atoms with van der Waals surface area (Å²) in [5, 5.41) is 9.99. The average molecular weight is 180 g/mol. The SMILES string of the molecule is C=C(C)C#CC(O)(CC)CCCC. The predicted molar refractivity (Wildman–Crippen MR) is 57.4 cm³/mol. The van der Waals surface area contributed by atoms with E-state index < -0.39 is 5.60 Å². The van der Waals surface area contributed by atoms with E-state index in [1.54, 1.807) is 0 Å². The van der Waals surface area contributed by atoms with Gasteiger partial charge in [0.2, 0.25) is 0 Å². The van der Waals surface area contributed by atoms with E-state index in [-0.39, 0.29) is 0 Å². The number of aliphatic hydroxyl groups is 1. The van der Waals surface area contributed by atoms with E-state index in [9.17, 15) is 5.11 Å². The van der Waals surface area contributed by atoms with Crippen molar-refractivity contribution < 1.29 is 5.11 Å². The van der Waals surface area contributed by atoms with Crippen LogP contribution in [-0.2, 0) is 0 Å². The Bertz CT molecular complexity index is 219. The highest BCUT2D eigenvalue weighted by Crippen LogP contribution is 2.17. The van der Waals surface area contributed by atoms with E-state index in [0.29, 0.717) is 6.42 Å². The maximum absolute atomic E-state index is 9.99. The number of rotatable bonds is 4. The van der Waals surface area contributed by atoms with E-state index in [0.717, 1.165) is 24.8 Å². The van der Waals surface area contributed by atoms with Gasteiger partial charge in [-0.05, 0) is 31.8 Å². The summed E-state index contributed by atoms with van der Waals surface area (Å²) in [5.74, 6) is 5.74. The summed E-state index contributed by atoms with van der Waals surface area (Å²) in [4.78, 5) is 0. The summed E-state index contributed by atoms with van der Waals surface area (Å²) in [6.07, 6.45) is 3.57. The summed E-state index contributed by atoms with van der Waals surface area (Å²) in [7, 11) is 0. The number of hydrogen-bond acceptors (Lipinski definition) is 1. The Morgan fingerprint density at radius 1 is 1.46 bits per heavy atom. The van der Waals surface area contributed by atoms with Gasteiger partial charge < -0.3 is 5.11 Å². The highest BCUT2D eigenvalue weighted by atomic mass is 16.3. The van der Waals surface area contributed by atoms with Crippen LogP contribution in [0.3, 0.4) is 0 Å². The highest BCUT2D eigenvalue weighted by molar-refractivity contribution is 5.27. The molecule has 0 spiro atoms. The molecule has 0 fully saturated rings. The molecule has 0 bridgehead atoms. The molecule has 0 aromatic rings. The Hall–Kier alpha value is -0.740. The quantitative estimate of drug-likeness (QED) is 0.659. The van der Waals surface area contributed by atoms with Crippen LogP contribution >= 0.6 is 0 Å². The topological polar surface area (TPSA) is 20.2 Å². The van der Waals surface area contributed by atoms with E-state index in [2.05, 4.69) is 25.3 Å². The molecule has 0 radical (unpaired) electrons. The van der Waals surface area contributed by atoms with Crippen LogP contribution in [0.2, 0.25) is 0 Å². The van der Waals surface area contributed by atoms with E-state index in [1.165, 1.54) is 0 Å². The average Bonchev–Trinajstić information content (AvgIpc) is 2.11. The van der Waals surface area contributed by atoms with Crippen LogP contribution < -0.4 is 0 Å². The lowest BCUT2D eigenvalue weighted by molar-refractivity contribution is 0.0851. The van der Waals surface area contributed by atoms with Crippen LogP contribution in [-0.4, -0.2) is 10.7 Å². The Balaban J connectivity index is 4.29. The standard InChI is InChI=1S/C12H20O/c1-5-7-9-12(13,6-2)10-8-11(3)4/h13H,3,5-7,9H2,1-2,4H3. The lowest BCUT2D eigenvalue weighted by Gasteiger charge is -2.19. The second kappa shape index (κ2) is 5.83. The van der Waals surface area contributed by atoms with E-state index >= 15 is 0 Å². The number of allylic oxidation sites excluding steroid dienone is 1. The minimum Gasteiger partial charge on any atom is -0.378 e. The van der Waals surface area contributed by atoms with Gasteiger partial charge in [0.05, 0.1) is 0 Å². The monoisotopic (exact) mass is 180 g/mol. The van der Waals surface area contributed by atoms with Crippen molar-refractivity contribution in [2.24, 2.45) is 0 Å². The molecule has 1 N–H and O–H groups in total. The zero-order chi connectivity index (χ0) is 10.3. The molecule has 1 heteroatoms. The first-order valence-electron chi connectivity index (χ1n) is 4.95. The van der Waals surface area contributed by atoms with Gasteiger partial charge in [-0.2, -0.15) is 0 Å². The molecule has 1 atom stereocenters. The molecule has 0 rings (SSSR count). The second-order valence-corrected chi connectivity index (χ2v) is 3.52. The molecule has 13 heavy (non-hydrogen) atoms. The summed E-state index contributed by atoms with van der Waals surface area (Å²) in [6, 6.07) is 0. The van der Waals surface area contributed by atoms with Crippen molar-refractivity contribution in [2.75, 3.05) is 0 Å². The van der Waals surface area contributed by atoms with Crippen molar-refractivity contribution in [3.63, 3.8) is 0 Å². The van der Waals surface area contributed by atoms with Crippen LogP contribution in [0.25, 0.3) is 0 Å². The molecule has 0 saturated heterocycles. The zero-order valence-electron chi connectivity index (χ0n) is 8.98. The third-order valence-corrected chi connectivity index (χ3v) is 2.04. The van der Waals surface area contributed by atoms with Crippen LogP contribution in [0, 0.1) is 11.8 Å². The van der Waals surface area contributed by atoms with Gasteiger partial charge in [-0.3, -0.25) is 0 Å². The van der Waals surface area contributed by atoms with Crippen LogP contribution in [0.1, 0.15) is 46.5 Å². The number of unbranched alkanes of at least 4 members (excludes halogenated alkanes) is 1. The van der Waals surface area contributed by atoms with Crippen molar-refractivity contribution in [3.8, 4) is 11.8 Å². The van der Waals surface area contributed by atoms with Crippen molar-refractivity contribution in [1.82, 2.24) is 0 Å². The molecule has 0 aromatic heterocycles. The maximum Gasteiger partial charge on any atom is 0.125 e. The predicted octanol–water partition coefficient (Wildman–Crippen LogP) is 2.90. The zero-order valence-corrected chi connectivity index (χ0v) is 8.98. The Morgan fingerprint density at radius 3 is 2.46 bits per heavy atom. The largest absolute Gasteiger partial charge is 0.378 e. The molecule has 1 unspecified atom stereocenters.